The van der Waals surface area contributed by atoms with E-state index >= 15 is 0 Å². The Labute approximate surface area is 172 Å². The van der Waals surface area contributed by atoms with Gasteiger partial charge in [-0.2, -0.15) is 10.1 Å². The van der Waals surface area contributed by atoms with E-state index in [1.165, 1.54) is 6.20 Å². The summed E-state index contributed by atoms with van der Waals surface area (Å²) < 4.78 is 1.55. The van der Waals surface area contributed by atoms with Crippen LogP contribution in [0.2, 0.25) is 5.02 Å². The average Bonchev–Trinajstić information content (AvgIpc) is 3.41. The third-order valence-electron chi connectivity index (χ3n) is 4.37. The summed E-state index contributed by atoms with van der Waals surface area (Å²) in [6.07, 6.45) is 7.08. The van der Waals surface area contributed by atoms with Crippen molar-refractivity contribution in [1.29, 1.82) is 0 Å². The zero-order valence-corrected chi connectivity index (χ0v) is 16.2. The maximum atomic E-state index is 12.3. The molecule has 1 atom stereocenters. The number of rotatable bonds is 7. The summed E-state index contributed by atoms with van der Waals surface area (Å²) in [6, 6.07) is 8.10. The standard InChI is InChI=1S/C19H20ClN7O2/c20-13-3-1-2-12(8-13)16(11-28)25-19(29)24-15-9-22-27(10-15)17-6-7-21-18(26-17)23-14-4-5-14/h1-3,6-10,14,16,28H,4-5,11H2,(H,21,23,26)(H2,24,25,29). The fraction of sp³-hybridized carbons (Fsp3) is 0.263. The van der Waals surface area contributed by atoms with Gasteiger partial charge in [0.05, 0.1) is 30.7 Å². The van der Waals surface area contributed by atoms with Gasteiger partial charge in [-0.25, -0.2) is 14.5 Å². The molecule has 0 bridgehead atoms. The number of hydrogen-bond acceptors (Lipinski definition) is 6. The van der Waals surface area contributed by atoms with Crippen molar-refractivity contribution in [3.8, 4) is 5.82 Å². The Morgan fingerprint density at radius 2 is 2.21 bits per heavy atom. The van der Waals surface area contributed by atoms with Gasteiger partial charge in [-0.3, -0.25) is 0 Å². The lowest BCUT2D eigenvalue weighted by Gasteiger charge is -2.17. The number of amides is 2. The van der Waals surface area contributed by atoms with Gasteiger partial charge in [0.2, 0.25) is 5.95 Å². The minimum absolute atomic E-state index is 0.259. The van der Waals surface area contributed by atoms with Crippen LogP contribution in [0.25, 0.3) is 5.82 Å². The molecule has 29 heavy (non-hydrogen) atoms. The summed E-state index contributed by atoms with van der Waals surface area (Å²) >= 11 is 5.98. The highest BCUT2D eigenvalue weighted by Crippen LogP contribution is 2.23. The summed E-state index contributed by atoms with van der Waals surface area (Å²) in [5.41, 5.74) is 1.20. The number of nitrogens with one attached hydrogen (secondary N) is 3. The molecule has 2 heterocycles. The number of aromatic nitrogens is 4. The van der Waals surface area contributed by atoms with Crippen LogP contribution in [0.3, 0.4) is 0 Å². The van der Waals surface area contributed by atoms with Crippen molar-refractivity contribution in [2.24, 2.45) is 0 Å². The molecule has 4 N–H and O–H groups in total. The summed E-state index contributed by atoms with van der Waals surface area (Å²) in [4.78, 5) is 21.0. The first-order valence-electron chi connectivity index (χ1n) is 9.19. The molecule has 0 radical (unpaired) electrons. The van der Waals surface area contributed by atoms with Crippen molar-refractivity contribution in [2.75, 3.05) is 17.2 Å². The second kappa shape index (κ2) is 8.46. The second-order valence-corrected chi connectivity index (χ2v) is 7.16. The lowest BCUT2D eigenvalue weighted by molar-refractivity contribution is 0.225. The van der Waals surface area contributed by atoms with Crippen LogP contribution in [0.1, 0.15) is 24.4 Å². The van der Waals surface area contributed by atoms with E-state index < -0.39 is 12.1 Å². The molecule has 150 valence electrons. The van der Waals surface area contributed by atoms with Crippen LogP contribution in [-0.2, 0) is 0 Å². The number of hydrogen-bond donors (Lipinski definition) is 4. The highest BCUT2D eigenvalue weighted by atomic mass is 35.5. The fourth-order valence-corrected chi connectivity index (χ4v) is 2.95. The highest BCUT2D eigenvalue weighted by molar-refractivity contribution is 6.30. The number of aliphatic hydroxyl groups is 1. The van der Waals surface area contributed by atoms with Crippen LogP contribution >= 0.6 is 11.6 Å². The van der Waals surface area contributed by atoms with Crippen molar-refractivity contribution in [3.63, 3.8) is 0 Å². The molecule has 1 unspecified atom stereocenters. The van der Waals surface area contributed by atoms with Gasteiger partial charge in [-0.1, -0.05) is 23.7 Å². The van der Waals surface area contributed by atoms with Crippen LogP contribution in [0, 0.1) is 0 Å². The molecule has 2 amide bonds. The number of carbonyl (C=O) groups is 1. The van der Waals surface area contributed by atoms with Gasteiger partial charge in [0, 0.05) is 23.3 Å². The maximum absolute atomic E-state index is 12.3. The maximum Gasteiger partial charge on any atom is 0.319 e. The third kappa shape index (κ3) is 5.01. The summed E-state index contributed by atoms with van der Waals surface area (Å²) in [5, 5.41) is 23.0. The lowest BCUT2D eigenvalue weighted by atomic mass is 10.1. The zero-order chi connectivity index (χ0) is 20.2. The lowest BCUT2D eigenvalue weighted by Crippen LogP contribution is -2.34. The fourth-order valence-electron chi connectivity index (χ4n) is 2.75. The van der Waals surface area contributed by atoms with Crippen LogP contribution in [0.5, 0.6) is 0 Å². The Kier molecular flexibility index (Phi) is 5.59. The van der Waals surface area contributed by atoms with Crippen LogP contribution in [0.15, 0.2) is 48.9 Å². The number of anilines is 2. The van der Waals surface area contributed by atoms with Crippen molar-refractivity contribution in [2.45, 2.75) is 24.9 Å². The van der Waals surface area contributed by atoms with Crippen molar-refractivity contribution < 1.29 is 9.90 Å². The molecule has 1 fully saturated rings. The highest BCUT2D eigenvalue weighted by Gasteiger charge is 2.22. The molecular formula is C19H20ClN7O2. The number of nitrogens with zero attached hydrogens (tertiary/aromatic N) is 4. The Morgan fingerprint density at radius 3 is 2.97 bits per heavy atom. The third-order valence-corrected chi connectivity index (χ3v) is 4.60. The summed E-state index contributed by atoms with van der Waals surface area (Å²) in [6.45, 7) is -0.259. The van der Waals surface area contributed by atoms with E-state index in [-0.39, 0.29) is 6.61 Å². The van der Waals surface area contributed by atoms with Gasteiger partial charge in [0.15, 0.2) is 5.82 Å². The Morgan fingerprint density at radius 1 is 1.34 bits per heavy atom. The van der Waals surface area contributed by atoms with E-state index in [0.29, 0.717) is 34.1 Å². The predicted molar refractivity (Wildman–Crippen MR) is 109 cm³/mol. The van der Waals surface area contributed by atoms with Gasteiger partial charge in [0.1, 0.15) is 0 Å². The molecule has 0 spiro atoms. The molecular weight excluding hydrogens is 394 g/mol. The van der Waals surface area contributed by atoms with Gasteiger partial charge in [0.25, 0.3) is 0 Å². The van der Waals surface area contributed by atoms with Crippen LogP contribution in [-0.4, -0.2) is 43.5 Å². The SMILES string of the molecule is O=C(Nc1cnn(-c2ccnc(NC3CC3)n2)c1)NC(CO)c1cccc(Cl)c1. The van der Waals surface area contributed by atoms with E-state index in [9.17, 15) is 9.90 Å². The monoisotopic (exact) mass is 413 g/mol. The molecule has 10 heteroatoms. The van der Waals surface area contributed by atoms with Crippen molar-refractivity contribution >= 4 is 29.3 Å². The first kappa shape index (κ1) is 19.2. The Bertz CT molecular complexity index is 1010. The van der Waals surface area contributed by atoms with Gasteiger partial charge < -0.3 is 21.1 Å². The molecule has 9 nitrogen and oxygen atoms in total. The smallest absolute Gasteiger partial charge is 0.319 e. The quantitative estimate of drug-likeness (QED) is 0.473. The Hall–Kier alpha value is -3.17. The number of urea groups is 1. The molecule has 1 aliphatic rings. The number of halogens is 1. The van der Waals surface area contributed by atoms with Crippen molar-refractivity contribution in [3.05, 3.63) is 59.5 Å². The molecule has 1 aliphatic carbocycles. The normalized spacial score (nSPS) is 14.3. The van der Waals surface area contributed by atoms with Gasteiger partial charge >= 0.3 is 6.03 Å². The molecule has 0 saturated heterocycles. The summed E-state index contributed by atoms with van der Waals surface area (Å²) in [5.74, 6) is 1.14. The first-order valence-corrected chi connectivity index (χ1v) is 9.57. The molecule has 4 rings (SSSR count). The summed E-state index contributed by atoms with van der Waals surface area (Å²) in [7, 11) is 0. The van der Waals surface area contributed by atoms with E-state index in [1.54, 1.807) is 47.4 Å². The number of aliphatic hydroxyl groups excluding tert-OH is 1. The van der Waals surface area contributed by atoms with E-state index in [1.807, 2.05) is 0 Å². The first-order chi connectivity index (χ1) is 14.1. The molecule has 1 saturated carbocycles. The molecule has 2 aromatic heterocycles. The zero-order valence-electron chi connectivity index (χ0n) is 15.4. The van der Waals surface area contributed by atoms with Crippen LogP contribution < -0.4 is 16.0 Å². The molecule has 0 aliphatic heterocycles. The van der Waals surface area contributed by atoms with Gasteiger partial charge in [-0.05, 0) is 30.5 Å². The molecule has 1 aromatic carbocycles. The number of carbonyl (C=O) groups excluding carboxylic acids is 1. The minimum atomic E-state index is -0.582. The molecule has 3 aromatic rings. The Balaban J connectivity index is 1.40. The largest absolute Gasteiger partial charge is 0.394 e. The number of benzene rings is 1. The predicted octanol–water partition coefficient (Wildman–Crippen LogP) is 2.75. The topological polar surface area (TPSA) is 117 Å². The van der Waals surface area contributed by atoms with E-state index in [2.05, 4.69) is 31.0 Å². The van der Waals surface area contributed by atoms with E-state index in [4.69, 9.17) is 11.6 Å². The second-order valence-electron chi connectivity index (χ2n) is 6.72. The minimum Gasteiger partial charge on any atom is -0.394 e. The average molecular weight is 414 g/mol. The van der Waals surface area contributed by atoms with E-state index in [0.717, 1.165) is 12.8 Å². The van der Waals surface area contributed by atoms with Crippen LogP contribution in [0.4, 0.5) is 16.4 Å². The van der Waals surface area contributed by atoms with Crippen molar-refractivity contribution in [1.82, 2.24) is 25.1 Å². The van der Waals surface area contributed by atoms with Gasteiger partial charge in [-0.15, -0.1) is 0 Å².